The molecule has 21 heavy (non-hydrogen) atoms. The summed E-state index contributed by atoms with van der Waals surface area (Å²) in [5, 5.41) is 3.07. The number of rotatable bonds is 5. The molecule has 0 aromatic heterocycles. The van der Waals surface area contributed by atoms with Crippen molar-refractivity contribution in [2.24, 2.45) is 0 Å². The fourth-order valence-corrected chi connectivity index (χ4v) is 2.48. The van der Waals surface area contributed by atoms with Crippen LogP contribution in [0.1, 0.15) is 30.5 Å². The maximum Gasteiger partial charge on any atom is 0.129 e. The third-order valence-corrected chi connectivity index (χ3v) is 3.63. The molecular formula is C16H15BrF3N. The summed E-state index contributed by atoms with van der Waals surface area (Å²) in [6, 6.07) is 7.04. The molecule has 0 saturated carbocycles. The Labute approximate surface area is 130 Å². The standard InChI is InChI=1S/C16H15BrF3N/c1-2-7-21-16(12-5-3-10(17)8-15(12)20)13-9-11(18)4-6-14(13)19/h3-6,8-9,16,21H,2,7H2,1H3. The lowest BCUT2D eigenvalue weighted by atomic mass is 9.97. The second-order valence-corrected chi connectivity index (χ2v) is 5.63. The maximum absolute atomic E-state index is 14.2. The molecule has 0 amide bonds. The SMILES string of the molecule is CCCNC(c1ccc(Br)cc1F)c1cc(F)ccc1F. The predicted molar refractivity (Wildman–Crippen MR) is 80.6 cm³/mol. The fraction of sp³-hybridized carbons (Fsp3) is 0.250. The number of hydrogen-bond acceptors (Lipinski definition) is 1. The van der Waals surface area contributed by atoms with E-state index in [9.17, 15) is 13.2 Å². The predicted octanol–water partition coefficient (Wildman–Crippen LogP) is 4.96. The molecule has 0 saturated heterocycles. The van der Waals surface area contributed by atoms with Crippen LogP contribution in [0.2, 0.25) is 0 Å². The molecule has 2 aromatic carbocycles. The van der Waals surface area contributed by atoms with Crippen molar-refractivity contribution >= 4 is 15.9 Å². The smallest absolute Gasteiger partial charge is 0.129 e. The van der Waals surface area contributed by atoms with Crippen LogP contribution in [0.15, 0.2) is 40.9 Å². The molecule has 0 fully saturated rings. The van der Waals surface area contributed by atoms with E-state index in [4.69, 9.17) is 0 Å². The maximum atomic E-state index is 14.2. The molecule has 5 heteroatoms. The van der Waals surface area contributed by atoms with Crippen LogP contribution in [-0.4, -0.2) is 6.54 Å². The highest BCUT2D eigenvalue weighted by molar-refractivity contribution is 9.10. The largest absolute Gasteiger partial charge is 0.306 e. The summed E-state index contributed by atoms with van der Waals surface area (Å²) in [4.78, 5) is 0. The molecule has 2 rings (SSSR count). The van der Waals surface area contributed by atoms with E-state index in [0.29, 0.717) is 11.0 Å². The Kier molecular flexibility index (Phi) is 5.42. The van der Waals surface area contributed by atoms with E-state index in [1.54, 1.807) is 12.1 Å². The molecule has 1 unspecified atom stereocenters. The third-order valence-electron chi connectivity index (χ3n) is 3.14. The highest BCUT2D eigenvalue weighted by Gasteiger charge is 2.21. The van der Waals surface area contributed by atoms with E-state index in [-0.39, 0.29) is 11.1 Å². The van der Waals surface area contributed by atoms with Crippen LogP contribution in [0.3, 0.4) is 0 Å². The van der Waals surface area contributed by atoms with Crippen LogP contribution in [0, 0.1) is 17.5 Å². The Morgan fingerprint density at radius 2 is 1.76 bits per heavy atom. The lowest BCUT2D eigenvalue weighted by molar-refractivity contribution is 0.513. The molecule has 0 spiro atoms. The van der Waals surface area contributed by atoms with Crippen molar-refractivity contribution in [2.45, 2.75) is 19.4 Å². The van der Waals surface area contributed by atoms with Crippen LogP contribution in [-0.2, 0) is 0 Å². The molecule has 0 bridgehead atoms. The van der Waals surface area contributed by atoms with E-state index in [1.165, 1.54) is 6.07 Å². The van der Waals surface area contributed by atoms with Crippen molar-refractivity contribution in [3.63, 3.8) is 0 Å². The lowest BCUT2D eigenvalue weighted by Gasteiger charge is -2.21. The number of halogens is 4. The van der Waals surface area contributed by atoms with Gasteiger partial charge in [-0.2, -0.15) is 0 Å². The van der Waals surface area contributed by atoms with Gasteiger partial charge in [0, 0.05) is 15.6 Å². The van der Waals surface area contributed by atoms with E-state index in [1.807, 2.05) is 6.92 Å². The van der Waals surface area contributed by atoms with Crippen molar-refractivity contribution in [2.75, 3.05) is 6.54 Å². The highest BCUT2D eigenvalue weighted by Crippen LogP contribution is 2.28. The molecule has 0 aliphatic heterocycles. The minimum absolute atomic E-state index is 0.102. The summed E-state index contributed by atoms with van der Waals surface area (Å²) in [5.74, 6) is -1.58. The first-order valence-electron chi connectivity index (χ1n) is 6.66. The Balaban J connectivity index is 2.49. The van der Waals surface area contributed by atoms with Gasteiger partial charge in [-0.3, -0.25) is 0 Å². The van der Waals surface area contributed by atoms with Crippen molar-refractivity contribution < 1.29 is 13.2 Å². The van der Waals surface area contributed by atoms with Gasteiger partial charge in [-0.1, -0.05) is 28.9 Å². The molecule has 2 aromatic rings. The normalized spacial score (nSPS) is 12.4. The van der Waals surface area contributed by atoms with E-state index < -0.39 is 23.5 Å². The van der Waals surface area contributed by atoms with E-state index in [2.05, 4.69) is 21.2 Å². The monoisotopic (exact) mass is 357 g/mol. The first kappa shape index (κ1) is 16.0. The van der Waals surface area contributed by atoms with E-state index >= 15 is 0 Å². The molecule has 1 nitrogen and oxygen atoms in total. The average molecular weight is 358 g/mol. The third kappa shape index (κ3) is 3.86. The quantitative estimate of drug-likeness (QED) is 0.797. The molecule has 112 valence electrons. The summed E-state index contributed by atoms with van der Waals surface area (Å²) in [6.07, 6.45) is 0.797. The molecule has 0 aliphatic carbocycles. The lowest BCUT2D eigenvalue weighted by Crippen LogP contribution is -2.25. The summed E-state index contributed by atoms with van der Waals surface area (Å²) < 4.78 is 42.2. The second-order valence-electron chi connectivity index (χ2n) is 4.72. The van der Waals surface area contributed by atoms with Crippen molar-refractivity contribution in [3.8, 4) is 0 Å². The van der Waals surface area contributed by atoms with Crippen molar-refractivity contribution in [1.82, 2.24) is 5.32 Å². The average Bonchev–Trinajstić information content (AvgIpc) is 2.44. The number of hydrogen-bond donors (Lipinski definition) is 1. The van der Waals surface area contributed by atoms with Gasteiger partial charge in [0.15, 0.2) is 0 Å². The molecule has 0 aliphatic rings. The molecule has 1 N–H and O–H groups in total. The zero-order chi connectivity index (χ0) is 15.4. The fourth-order valence-electron chi connectivity index (χ4n) is 2.15. The number of benzene rings is 2. The first-order valence-corrected chi connectivity index (χ1v) is 7.45. The van der Waals surface area contributed by atoms with Crippen LogP contribution in [0.4, 0.5) is 13.2 Å². The summed E-state index contributed by atoms with van der Waals surface area (Å²) in [5.41, 5.74) is 0.390. The van der Waals surface area contributed by atoms with Crippen LogP contribution >= 0.6 is 15.9 Å². The summed E-state index contributed by atoms with van der Waals surface area (Å²) in [6.45, 7) is 2.51. The highest BCUT2D eigenvalue weighted by atomic mass is 79.9. The van der Waals surface area contributed by atoms with Gasteiger partial charge in [-0.15, -0.1) is 0 Å². The topological polar surface area (TPSA) is 12.0 Å². The summed E-state index contributed by atoms with van der Waals surface area (Å²) in [7, 11) is 0. The molecular weight excluding hydrogens is 343 g/mol. The van der Waals surface area contributed by atoms with Gasteiger partial charge in [-0.05, 0) is 43.3 Å². The first-order chi connectivity index (χ1) is 10.0. The zero-order valence-corrected chi connectivity index (χ0v) is 13.1. The van der Waals surface area contributed by atoms with Crippen LogP contribution in [0.5, 0.6) is 0 Å². The molecule has 0 heterocycles. The van der Waals surface area contributed by atoms with Gasteiger partial charge < -0.3 is 5.32 Å². The van der Waals surface area contributed by atoms with Crippen LogP contribution in [0.25, 0.3) is 0 Å². The van der Waals surface area contributed by atoms with E-state index in [0.717, 1.165) is 24.6 Å². The Morgan fingerprint density at radius 3 is 2.43 bits per heavy atom. The van der Waals surface area contributed by atoms with Gasteiger partial charge in [-0.25, -0.2) is 13.2 Å². The van der Waals surface area contributed by atoms with Gasteiger partial charge in [0.1, 0.15) is 17.5 Å². The minimum atomic E-state index is -0.728. The summed E-state index contributed by atoms with van der Waals surface area (Å²) >= 11 is 3.19. The Hall–Kier alpha value is -1.33. The molecule has 1 atom stereocenters. The van der Waals surface area contributed by atoms with Gasteiger partial charge in [0.05, 0.1) is 6.04 Å². The van der Waals surface area contributed by atoms with Gasteiger partial charge in [0.2, 0.25) is 0 Å². The van der Waals surface area contributed by atoms with Gasteiger partial charge in [0.25, 0.3) is 0 Å². The second kappa shape index (κ2) is 7.09. The van der Waals surface area contributed by atoms with Gasteiger partial charge >= 0.3 is 0 Å². The van der Waals surface area contributed by atoms with Crippen molar-refractivity contribution in [3.05, 3.63) is 69.4 Å². The minimum Gasteiger partial charge on any atom is -0.306 e. The zero-order valence-electron chi connectivity index (χ0n) is 11.5. The van der Waals surface area contributed by atoms with Crippen LogP contribution < -0.4 is 5.32 Å². The molecule has 0 radical (unpaired) electrons. The van der Waals surface area contributed by atoms with Crippen molar-refractivity contribution in [1.29, 1.82) is 0 Å². The Morgan fingerprint density at radius 1 is 1.00 bits per heavy atom. The Bertz CT molecular complexity index is 631. The number of nitrogens with one attached hydrogen (secondary N) is 1.